The Hall–Kier alpha value is -1.44. The van der Waals surface area contributed by atoms with Crippen LogP contribution in [0.15, 0.2) is 28.7 Å². The molecule has 7 heteroatoms. The van der Waals surface area contributed by atoms with Crippen molar-refractivity contribution < 1.29 is 19.1 Å². The molecule has 1 aromatic rings. The number of primary amides is 1. The zero-order valence-electron chi connectivity index (χ0n) is 11.8. The van der Waals surface area contributed by atoms with Crippen molar-refractivity contribution in [1.82, 2.24) is 5.32 Å². The third-order valence-electron chi connectivity index (χ3n) is 2.67. The molecular weight excluding hydrogens is 340 g/mol. The topological polar surface area (TPSA) is 90.7 Å². The zero-order valence-corrected chi connectivity index (χ0v) is 13.4. The number of hydrogen-bond acceptors (Lipinski definition) is 4. The first kappa shape index (κ1) is 17.6. The number of carbonyl (C=O) groups excluding carboxylic acids is 2. The van der Waals surface area contributed by atoms with Gasteiger partial charge in [-0.25, -0.2) is 0 Å². The van der Waals surface area contributed by atoms with Crippen LogP contribution < -0.4 is 11.1 Å². The van der Waals surface area contributed by atoms with Crippen LogP contribution in [0, 0.1) is 0 Å². The molecule has 1 rings (SSSR count). The summed E-state index contributed by atoms with van der Waals surface area (Å²) in [6.07, 6.45) is 0.332. The maximum Gasteiger partial charge on any atom is 0.246 e. The van der Waals surface area contributed by atoms with Crippen LogP contribution in [-0.4, -0.2) is 44.8 Å². The lowest BCUT2D eigenvalue weighted by Gasteiger charge is -2.16. The van der Waals surface area contributed by atoms with Gasteiger partial charge in [-0.15, -0.1) is 0 Å². The highest BCUT2D eigenvalue weighted by molar-refractivity contribution is 9.10. The van der Waals surface area contributed by atoms with Crippen molar-refractivity contribution in [2.24, 2.45) is 5.73 Å². The second-order valence-electron chi connectivity index (χ2n) is 4.40. The van der Waals surface area contributed by atoms with Crippen LogP contribution >= 0.6 is 15.9 Å². The van der Waals surface area contributed by atoms with Gasteiger partial charge in [0.15, 0.2) is 0 Å². The van der Waals surface area contributed by atoms with Gasteiger partial charge in [-0.3, -0.25) is 9.59 Å². The third-order valence-corrected chi connectivity index (χ3v) is 3.17. The highest BCUT2D eigenvalue weighted by Crippen LogP contribution is 2.13. The van der Waals surface area contributed by atoms with Gasteiger partial charge in [-0.1, -0.05) is 28.1 Å². The summed E-state index contributed by atoms with van der Waals surface area (Å²) in [6, 6.07) is 6.70. The van der Waals surface area contributed by atoms with Gasteiger partial charge < -0.3 is 20.5 Å². The number of ether oxygens (including phenoxy) is 2. The van der Waals surface area contributed by atoms with E-state index in [2.05, 4.69) is 21.2 Å². The summed E-state index contributed by atoms with van der Waals surface area (Å²) in [5.41, 5.74) is 6.22. The van der Waals surface area contributed by atoms with Crippen LogP contribution in [0.25, 0.3) is 0 Å². The SMILES string of the molecule is COCCOCC(=O)N[C@H](Cc1cccc(Br)c1)C(N)=O. The van der Waals surface area contributed by atoms with Crippen molar-refractivity contribution in [2.45, 2.75) is 12.5 Å². The van der Waals surface area contributed by atoms with Gasteiger partial charge >= 0.3 is 0 Å². The zero-order chi connectivity index (χ0) is 15.7. The first-order chi connectivity index (χ1) is 10.0. The molecule has 0 fully saturated rings. The summed E-state index contributed by atoms with van der Waals surface area (Å²) in [7, 11) is 1.55. The van der Waals surface area contributed by atoms with Crippen molar-refractivity contribution in [3.63, 3.8) is 0 Å². The number of nitrogens with one attached hydrogen (secondary N) is 1. The van der Waals surface area contributed by atoms with Gasteiger partial charge in [0.05, 0.1) is 13.2 Å². The molecule has 0 saturated carbocycles. The minimum Gasteiger partial charge on any atom is -0.382 e. The van der Waals surface area contributed by atoms with Gasteiger partial charge in [0, 0.05) is 18.0 Å². The van der Waals surface area contributed by atoms with Crippen LogP contribution in [0.1, 0.15) is 5.56 Å². The molecular formula is C14H19BrN2O4. The van der Waals surface area contributed by atoms with Crippen LogP contribution in [0.5, 0.6) is 0 Å². The molecule has 21 heavy (non-hydrogen) atoms. The Morgan fingerprint density at radius 2 is 2.14 bits per heavy atom. The molecule has 0 spiro atoms. The number of benzene rings is 1. The molecule has 0 radical (unpaired) electrons. The van der Waals surface area contributed by atoms with Crippen LogP contribution in [0.3, 0.4) is 0 Å². The lowest BCUT2D eigenvalue weighted by Crippen LogP contribution is -2.47. The predicted molar refractivity (Wildman–Crippen MR) is 81.7 cm³/mol. The van der Waals surface area contributed by atoms with E-state index < -0.39 is 11.9 Å². The Morgan fingerprint density at radius 3 is 2.76 bits per heavy atom. The number of nitrogens with two attached hydrogens (primary N) is 1. The van der Waals surface area contributed by atoms with E-state index in [1.54, 1.807) is 7.11 Å². The largest absolute Gasteiger partial charge is 0.382 e. The predicted octanol–water partition coefficient (Wildman–Crippen LogP) is 0.625. The molecule has 0 aliphatic heterocycles. The highest BCUT2D eigenvalue weighted by atomic mass is 79.9. The summed E-state index contributed by atoms with van der Waals surface area (Å²) >= 11 is 3.35. The number of carbonyl (C=O) groups is 2. The molecule has 0 bridgehead atoms. The molecule has 0 heterocycles. The summed E-state index contributed by atoms with van der Waals surface area (Å²) in [4.78, 5) is 23.1. The lowest BCUT2D eigenvalue weighted by molar-refractivity contribution is -0.130. The molecule has 2 amide bonds. The number of amides is 2. The van der Waals surface area contributed by atoms with E-state index >= 15 is 0 Å². The van der Waals surface area contributed by atoms with Crippen molar-refractivity contribution in [3.05, 3.63) is 34.3 Å². The average molecular weight is 359 g/mol. The summed E-state index contributed by atoms with van der Waals surface area (Å²) in [5.74, 6) is -0.967. The first-order valence-electron chi connectivity index (χ1n) is 6.42. The average Bonchev–Trinajstić information content (AvgIpc) is 2.43. The standard InChI is InChI=1S/C14H19BrN2O4/c1-20-5-6-21-9-13(18)17-12(14(16)19)8-10-3-2-4-11(15)7-10/h2-4,7,12H,5-6,8-9H2,1H3,(H2,16,19)(H,17,18)/t12-/m1/s1. The number of hydrogen-bond donors (Lipinski definition) is 2. The molecule has 0 saturated heterocycles. The second-order valence-corrected chi connectivity index (χ2v) is 5.32. The fraction of sp³-hybridized carbons (Fsp3) is 0.429. The molecule has 0 aromatic heterocycles. The van der Waals surface area contributed by atoms with E-state index in [9.17, 15) is 9.59 Å². The molecule has 6 nitrogen and oxygen atoms in total. The number of halogens is 1. The molecule has 1 atom stereocenters. The molecule has 116 valence electrons. The monoisotopic (exact) mass is 358 g/mol. The van der Waals surface area contributed by atoms with E-state index in [1.807, 2.05) is 24.3 Å². The van der Waals surface area contributed by atoms with Gasteiger partial charge in [0.25, 0.3) is 0 Å². The number of rotatable bonds is 9. The summed E-state index contributed by atoms with van der Waals surface area (Å²) < 4.78 is 10.8. The normalized spacial score (nSPS) is 11.9. The minimum absolute atomic E-state index is 0.133. The van der Waals surface area contributed by atoms with Crippen LogP contribution in [0.4, 0.5) is 0 Å². The van der Waals surface area contributed by atoms with Gasteiger partial charge in [0.2, 0.25) is 11.8 Å². The quantitative estimate of drug-likeness (QED) is 0.633. The van der Waals surface area contributed by atoms with Crippen LogP contribution in [-0.2, 0) is 25.5 Å². The summed E-state index contributed by atoms with van der Waals surface area (Å²) in [6.45, 7) is 0.590. The van der Waals surface area contributed by atoms with Gasteiger partial charge in [0.1, 0.15) is 12.6 Å². The Balaban J connectivity index is 2.50. The first-order valence-corrected chi connectivity index (χ1v) is 7.22. The van der Waals surface area contributed by atoms with Crippen molar-refractivity contribution >= 4 is 27.7 Å². The minimum atomic E-state index is -0.766. The lowest BCUT2D eigenvalue weighted by atomic mass is 10.1. The fourth-order valence-corrected chi connectivity index (χ4v) is 2.11. The maximum absolute atomic E-state index is 11.7. The molecule has 1 aromatic carbocycles. The van der Waals surface area contributed by atoms with E-state index in [-0.39, 0.29) is 12.5 Å². The van der Waals surface area contributed by atoms with E-state index in [0.29, 0.717) is 19.6 Å². The Kier molecular flexibility index (Phi) is 7.96. The second kappa shape index (κ2) is 9.49. The van der Waals surface area contributed by atoms with Crippen molar-refractivity contribution in [3.8, 4) is 0 Å². The molecule has 3 N–H and O–H groups in total. The van der Waals surface area contributed by atoms with E-state index in [4.69, 9.17) is 15.2 Å². The van der Waals surface area contributed by atoms with Gasteiger partial charge in [-0.2, -0.15) is 0 Å². The highest BCUT2D eigenvalue weighted by Gasteiger charge is 2.18. The van der Waals surface area contributed by atoms with Crippen LogP contribution in [0.2, 0.25) is 0 Å². The molecule has 0 unspecified atom stereocenters. The fourth-order valence-electron chi connectivity index (χ4n) is 1.67. The van der Waals surface area contributed by atoms with Crippen molar-refractivity contribution in [2.75, 3.05) is 26.9 Å². The van der Waals surface area contributed by atoms with Crippen molar-refractivity contribution in [1.29, 1.82) is 0 Å². The van der Waals surface area contributed by atoms with E-state index in [0.717, 1.165) is 10.0 Å². The van der Waals surface area contributed by atoms with E-state index in [1.165, 1.54) is 0 Å². The Bertz CT molecular complexity index is 482. The Labute approximate surface area is 132 Å². The molecule has 0 aliphatic carbocycles. The number of methoxy groups -OCH3 is 1. The maximum atomic E-state index is 11.7. The third kappa shape index (κ3) is 7.22. The van der Waals surface area contributed by atoms with Gasteiger partial charge in [-0.05, 0) is 17.7 Å². The molecule has 0 aliphatic rings. The smallest absolute Gasteiger partial charge is 0.246 e. The summed E-state index contributed by atoms with van der Waals surface area (Å²) in [5, 5.41) is 2.57. The Morgan fingerprint density at radius 1 is 1.38 bits per heavy atom.